The summed E-state index contributed by atoms with van der Waals surface area (Å²) in [6.45, 7) is 3.78. The average molecular weight is 312 g/mol. The zero-order valence-electron chi connectivity index (χ0n) is 13.2. The third-order valence-corrected chi connectivity index (χ3v) is 3.84. The molecule has 5 nitrogen and oxygen atoms in total. The van der Waals surface area contributed by atoms with E-state index < -0.39 is 12.0 Å². The van der Waals surface area contributed by atoms with Crippen LogP contribution in [0.2, 0.25) is 0 Å². The van der Waals surface area contributed by atoms with Gasteiger partial charge in [0.25, 0.3) is 0 Å². The van der Waals surface area contributed by atoms with Gasteiger partial charge >= 0.3 is 5.97 Å². The molecule has 0 aliphatic heterocycles. The van der Waals surface area contributed by atoms with Crippen LogP contribution in [-0.4, -0.2) is 22.0 Å². The van der Waals surface area contributed by atoms with Crippen LogP contribution in [-0.2, 0) is 16.0 Å². The van der Waals surface area contributed by atoms with Gasteiger partial charge in [0.1, 0.15) is 0 Å². The van der Waals surface area contributed by atoms with E-state index in [9.17, 15) is 14.7 Å². The number of carbonyl (C=O) groups excluding carboxylic acids is 1. The standard InChI is InChI=1S/C18H20N2O3/c1-12-6-5-8-15(13(12)2)17(18(22)23)20-16(21)10-9-14-7-3-4-11-19-14/h3-8,11,17H,9-10H2,1-2H3,(H,20,21)(H,22,23). The maximum Gasteiger partial charge on any atom is 0.330 e. The first-order valence-corrected chi connectivity index (χ1v) is 7.47. The summed E-state index contributed by atoms with van der Waals surface area (Å²) < 4.78 is 0. The number of carboxylic acid groups (broad SMARTS) is 1. The summed E-state index contributed by atoms with van der Waals surface area (Å²) in [6, 6.07) is 9.92. The highest BCUT2D eigenvalue weighted by atomic mass is 16.4. The second-order valence-corrected chi connectivity index (χ2v) is 5.45. The molecule has 2 rings (SSSR count). The highest BCUT2D eigenvalue weighted by Crippen LogP contribution is 2.21. The molecule has 1 aromatic heterocycles. The summed E-state index contributed by atoms with van der Waals surface area (Å²) in [6.07, 6.45) is 2.35. The highest BCUT2D eigenvalue weighted by Gasteiger charge is 2.23. The van der Waals surface area contributed by atoms with Gasteiger partial charge in [0, 0.05) is 18.3 Å². The van der Waals surface area contributed by atoms with Crippen LogP contribution in [0.15, 0.2) is 42.6 Å². The van der Waals surface area contributed by atoms with Gasteiger partial charge in [0.05, 0.1) is 0 Å². The van der Waals surface area contributed by atoms with E-state index in [2.05, 4.69) is 10.3 Å². The van der Waals surface area contributed by atoms with Gasteiger partial charge in [0.2, 0.25) is 5.91 Å². The molecule has 0 fully saturated rings. The van der Waals surface area contributed by atoms with E-state index >= 15 is 0 Å². The largest absolute Gasteiger partial charge is 0.479 e. The minimum absolute atomic E-state index is 0.200. The van der Waals surface area contributed by atoms with E-state index in [1.807, 2.05) is 38.1 Å². The lowest BCUT2D eigenvalue weighted by Crippen LogP contribution is -2.34. The van der Waals surface area contributed by atoms with Crippen molar-refractivity contribution < 1.29 is 14.7 Å². The molecule has 120 valence electrons. The van der Waals surface area contributed by atoms with Gasteiger partial charge in [-0.05, 0) is 49.1 Å². The molecule has 23 heavy (non-hydrogen) atoms. The predicted molar refractivity (Wildman–Crippen MR) is 87.0 cm³/mol. The maximum absolute atomic E-state index is 12.1. The van der Waals surface area contributed by atoms with E-state index in [1.54, 1.807) is 18.3 Å². The van der Waals surface area contributed by atoms with Gasteiger partial charge in [-0.3, -0.25) is 9.78 Å². The first kappa shape index (κ1) is 16.7. The summed E-state index contributed by atoms with van der Waals surface area (Å²) >= 11 is 0. The lowest BCUT2D eigenvalue weighted by atomic mass is 9.97. The molecule has 0 aliphatic carbocycles. The molecule has 0 radical (unpaired) electrons. The first-order chi connectivity index (χ1) is 11.0. The van der Waals surface area contributed by atoms with Crippen molar-refractivity contribution in [3.8, 4) is 0 Å². The number of aliphatic carboxylic acids is 1. The Labute approximate surface area is 135 Å². The lowest BCUT2D eigenvalue weighted by Gasteiger charge is -2.18. The smallest absolute Gasteiger partial charge is 0.330 e. The SMILES string of the molecule is Cc1cccc(C(NC(=O)CCc2ccccn2)C(=O)O)c1C. The molecule has 2 aromatic rings. The van der Waals surface area contributed by atoms with Crippen LogP contribution in [0.25, 0.3) is 0 Å². The second-order valence-electron chi connectivity index (χ2n) is 5.45. The Kier molecular flexibility index (Phi) is 5.46. The van der Waals surface area contributed by atoms with E-state index in [1.165, 1.54) is 0 Å². The molecule has 1 aromatic carbocycles. The Morgan fingerprint density at radius 1 is 1.17 bits per heavy atom. The minimum Gasteiger partial charge on any atom is -0.479 e. The summed E-state index contributed by atoms with van der Waals surface area (Å²) in [7, 11) is 0. The van der Waals surface area contributed by atoms with Crippen molar-refractivity contribution in [3.63, 3.8) is 0 Å². The van der Waals surface area contributed by atoms with Crippen LogP contribution in [0.3, 0.4) is 0 Å². The van der Waals surface area contributed by atoms with Crippen molar-refractivity contribution in [1.82, 2.24) is 10.3 Å². The third-order valence-electron chi connectivity index (χ3n) is 3.84. The van der Waals surface area contributed by atoms with Crippen molar-refractivity contribution in [3.05, 3.63) is 65.0 Å². The van der Waals surface area contributed by atoms with Gasteiger partial charge in [-0.15, -0.1) is 0 Å². The number of hydrogen-bond acceptors (Lipinski definition) is 3. The highest BCUT2D eigenvalue weighted by molar-refractivity contribution is 5.85. The Morgan fingerprint density at radius 2 is 1.96 bits per heavy atom. The van der Waals surface area contributed by atoms with Gasteiger partial charge in [0.15, 0.2) is 6.04 Å². The van der Waals surface area contributed by atoms with Crippen LogP contribution in [0.5, 0.6) is 0 Å². The molecule has 0 saturated carbocycles. The van der Waals surface area contributed by atoms with Crippen LogP contribution in [0.1, 0.15) is 34.8 Å². The van der Waals surface area contributed by atoms with Crippen molar-refractivity contribution in [2.45, 2.75) is 32.7 Å². The molecule has 5 heteroatoms. The van der Waals surface area contributed by atoms with Crippen molar-refractivity contribution in [2.24, 2.45) is 0 Å². The number of benzene rings is 1. The van der Waals surface area contributed by atoms with Gasteiger partial charge < -0.3 is 10.4 Å². The average Bonchev–Trinajstić information content (AvgIpc) is 2.54. The van der Waals surface area contributed by atoms with E-state index in [4.69, 9.17) is 0 Å². The quantitative estimate of drug-likeness (QED) is 0.859. The fourth-order valence-electron chi connectivity index (χ4n) is 2.38. The monoisotopic (exact) mass is 312 g/mol. The van der Waals surface area contributed by atoms with Crippen LogP contribution in [0.4, 0.5) is 0 Å². The number of nitrogens with zero attached hydrogens (tertiary/aromatic N) is 1. The summed E-state index contributed by atoms with van der Waals surface area (Å²) in [5.41, 5.74) is 3.30. The topological polar surface area (TPSA) is 79.3 Å². The molecule has 0 bridgehead atoms. The van der Waals surface area contributed by atoms with E-state index in [-0.39, 0.29) is 12.3 Å². The number of aryl methyl sites for hydroxylation is 2. The molecular formula is C18H20N2O3. The Hall–Kier alpha value is -2.69. The van der Waals surface area contributed by atoms with Gasteiger partial charge in [-0.2, -0.15) is 0 Å². The molecule has 1 atom stereocenters. The minimum atomic E-state index is -1.06. The first-order valence-electron chi connectivity index (χ1n) is 7.47. The normalized spacial score (nSPS) is 11.7. The number of pyridine rings is 1. The lowest BCUT2D eigenvalue weighted by molar-refractivity contribution is -0.142. The van der Waals surface area contributed by atoms with Crippen molar-refractivity contribution in [1.29, 1.82) is 0 Å². The van der Waals surface area contributed by atoms with Crippen molar-refractivity contribution >= 4 is 11.9 Å². The summed E-state index contributed by atoms with van der Waals surface area (Å²) in [5.74, 6) is -1.37. The zero-order chi connectivity index (χ0) is 16.8. The fraction of sp³-hybridized carbons (Fsp3) is 0.278. The molecule has 0 saturated heterocycles. The number of aromatic nitrogens is 1. The van der Waals surface area contributed by atoms with E-state index in [0.29, 0.717) is 12.0 Å². The molecule has 1 heterocycles. The molecular weight excluding hydrogens is 292 g/mol. The third kappa shape index (κ3) is 4.39. The number of nitrogens with one attached hydrogen (secondary N) is 1. The Bertz CT molecular complexity index is 699. The molecule has 1 amide bonds. The van der Waals surface area contributed by atoms with Crippen LogP contribution < -0.4 is 5.32 Å². The molecule has 1 unspecified atom stereocenters. The molecule has 0 spiro atoms. The van der Waals surface area contributed by atoms with Gasteiger partial charge in [-0.25, -0.2) is 4.79 Å². The van der Waals surface area contributed by atoms with Crippen molar-refractivity contribution in [2.75, 3.05) is 0 Å². The number of amides is 1. The summed E-state index contributed by atoms with van der Waals surface area (Å²) in [4.78, 5) is 27.8. The predicted octanol–water partition coefficient (Wildman–Crippen LogP) is 2.57. The number of hydrogen-bond donors (Lipinski definition) is 2. The van der Waals surface area contributed by atoms with Crippen LogP contribution in [0, 0.1) is 13.8 Å². The second kappa shape index (κ2) is 7.54. The Morgan fingerprint density at radius 3 is 2.61 bits per heavy atom. The summed E-state index contributed by atoms with van der Waals surface area (Å²) in [5, 5.41) is 12.1. The maximum atomic E-state index is 12.1. The fourth-order valence-corrected chi connectivity index (χ4v) is 2.38. The van der Waals surface area contributed by atoms with Gasteiger partial charge in [-0.1, -0.05) is 24.3 Å². The van der Waals surface area contributed by atoms with Crippen LogP contribution >= 0.6 is 0 Å². The molecule has 0 aliphatic rings. The Balaban J connectivity index is 2.06. The number of carbonyl (C=O) groups is 2. The number of carboxylic acids is 1. The molecule has 2 N–H and O–H groups in total. The van der Waals surface area contributed by atoms with E-state index in [0.717, 1.165) is 16.8 Å². The number of rotatable bonds is 6. The zero-order valence-corrected chi connectivity index (χ0v) is 13.2.